The van der Waals surface area contributed by atoms with Gasteiger partial charge in [0.25, 0.3) is 0 Å². The molecule has 66 heavy (non-hydrogen) atoms. The number of hydrogen-bond donors (Lipinski definition) is 0. The highest BCUT2D eigenvalue weighted by Gasteiger charge is 2.19. The number of unbranched alkanes of at least 4 members (excludes halogenated alkanes) is 24. The molecule has 0 rings (SSSR count). The van der Waals surface area contributed by atoms with E-state index in [2.05, 4.69) is 106 Å². The van der Waals surface area contributed by atoms with Crippen molar-refractivity contribution in [3.05, 3.63) is 85.1 Å². The first-order valence-electron chi connectivity index (χ1n) is 27.6. The van der Waals surface area contributed by atoms with E-state index in [1.807, 2.05) is 0 Å². The van der Waals surface area contributed by atoms with Gasteiger partial charge >= 0.3 is 17.9 Å². The number of rotatable bonds is 49. The Morgan fingerprint density at radius 3 is 0.970 bits per heavy atom. The largest absolute Gasteiger partial charge is 0.462 e. The van der Waals surface area contributed by atoms with Crippen LogP contribution in [-0.4, -0.2) is 37.2 Å². The lowest BCUT2D eigenvalue weighted by molar-refractivity contribution is -0.167. The highest BCUT2D eigenvalue weighted by Crippen LogP contribution is 2.14. The van der Waals surface area contributed by atoms with Crippen molar-refractivity contribution in [1.29, 1.82) is 0 Å². The van der Waals surface area contributed by atoms with E-state index in [0.717, 1.165) is 103 Å². The average Bonchev–Trinajstić information content (AvgIpc) is 3.31. The van der Waals surface area contributed by atoms with Crippen molar-refractivity contribution < 1.29 is 28.6 Å². The monoisotopic (exact) mass is 919 g/mol. The molecule has 0 radical (unpaired) electrons. The molecule has 6 heteroatoms. The molecule has 0 aliphatic carbocycles. The molecule has 0 aromatic heterocycles. The summed E-state index contributed by atoms with van der Waals surface area (Å²) < 4.78 is 16.8. The SMILES string of the molecule is CC/C=C/C/C=C/C/C=C/C/C=C/C/C=C/CCCCCC(=O)OC[C@@H](COC(=O)CCCCCCC/C=C/CCCCCCC)OC(=O)CCCCCCCCC/C=C/CCCCCC. The smallest absolute Gasteiger partial charge is 0.306 e. The van der Waals surface area contributed by atoms with Crippen molar-refractivity contribution in [3.63, 3.8) is 0 Å². The van der Waals surface area contributed by atoms with Gasteiger partial charge in [0.2, 0.25) is 0 Å². The number of ether oxygens (including phenoxy) is 3. The summed E-state index contributed by atoms with van der Waals surface area (Å²) in [6.07, 6.45) is 69.9. The molecule has 0 aromatic carbocycles. The van der Waals surface area contributed by atoms with Gasteiger partial charge in [-0.3, -0.25) is 14.4 Å². The third-order valence-electron chi connectivity index (χ3n) is 11.6. The van der Waals surface area contributed by atoms with E-state index >= 15 is 0 Å². The number of carbonyl (C=O) groups is 3. The van der Waals surface area contributed by atoms with Gasteiger partial charge in [0.1, 0.15) is 13.2 Å². The topological polar surface area (TPSA) is 78.9 Å². The molecular formula is C60H102O6. The van der Waals surface area contributed by atoms with Crippen LogP contribution in [0.3, 0.4) is 0 Å². The predicted octanol–water partition coefficient (Wildman–Crippen LogP) is 18.4. The second kappa shape index (κ2) is 54.2. The fraction of sp³-hybridized carbons (Fsp3) is 0.717. The molecule has 0 amide bonds. The Morgan fingerprint density at radius 1 is 0.318 bits per heavy atom. The maximum absolute atomic E-state index is 12.8. The maximum Gasteiger partial charge on any atom is 0.306 e. The van der Waals surface area contributed by atoms with Crippen LogP contribution in [0.15, 0.2) is 85.1 Å². The first-order chi connectivity index (χ1) is 32.5. The highest BCUT2D eigenvalue weighted by atomic mass is 16.6. The Morgan fingerprint density at radius 2 is 0.591 bits per heavy atom. The van der Waals surface area contributed by atoms with Crippen LogP contribution in [0.4, 0.5) is 0 Å². The summed E-state index contributed by atoms with van der Waals surface area (Å²) in [7, 11) is 0. The zero-order valence-corrected chi connectivity index (χ0v) is 43.2. The Hall–Kier alpha value is -3.41. The molecule has 6 nitrogen and oxygen atoms in total. The summed E-state index contributed by atoms with van der Waals surface area (Å²) in [5, 5.41) is 0. The van der Waals surface area contributed by atoms with E-state index in [1.165, 1.54) is 116 Å². The minimum Gasteiger partial charge on any atom is -0.462 e. The van der Waals surface area contributed by atoms with Crippen LogP contribution >= 0.6 is 0 Å². The minimum atomic E-state index is -0.796. The van der Waals surface area contributed by atoms with Crippen LogP contribution in [0, 0.1) is 0 Å². The first-order valence-corrected chi connectivity index (χ1v) is 27.6. The molecule has 0 N–H and O–H groups in total. The highest BCUT2D eigenvalue weighted by molar-refractivity contribution is 5.71. The molecule has 0 aliphatic rings. The van der Waals surface area contributed by atoms with Crippen molar-refractivity contribution in [2.24, 2.45) is 0 Å². The van der Waals surface area contributed by atoms with Gasteiger partial charge in [-0.15, -0.1) is 0 Å². The fourth-order valence-corrected chi connectivity index (χ4v) is 7.46. The molecule has 0 saturated carbocycles. The van der Waals surface area contributed by atoms with Gasteiger partial charge in [-0.1, -0.05) is 209 Å². The summed E-state index contributed by atoms with van der Waals surface area (Å²) in [5.74, 6) is -0.936. The molecule has 0 fully saturated rings. The molecule has 0 saturated heterocycles. The van der Waals surface area contributed by atoms with E-state index in [-0.39, 0.29) is 31.1 Å². The summed E-state index contributed by atoms with van der Waals surface area (Å²) in [6, 6.07) is 0. The van der Waals surface area contributed by atoms with Crippen molar-refractivity contribution in [2.75, 3.05) is 13.2 Å². The third kappa shape index (κ3) is 51.6. The van der Waals surface area contributed by atoms with Gasteiger partial charge in [-0.2, -0.15) is 0 Å². The fourth-order valence-electron chi connectivity index (χ4n) is 7.46. The number of hydrogen-bond acceptors (Lipinski definition) is 6. The number of allylic oxidation sites excluding steroid dienone is 14. The second-order valence-corrected chi connectivity index (χ2v) is 18.1. The molecule has 0 heterocycles. The van der Waals surface area contributed by atoms with E-state index in [9.17, 15) is 14.4 Å². The number of carbonyl (C=O) groups excluding carboxylic acids is 3. The van der Waals surface area contributed by atoms with E-state index in [0.29, 0.717) is 19.3 Å². The van der Waals surface area contributed by atoms with Crippen molar-refractivity contribution in [2.45, 2.75) is 264 Å². The molecule has 378 valence electrons. The zero-order chi connectivity index (χ0) is 47.9. The van der Waals surface area contributed by atoms with Gasteiger partial charge in [0.05, 0.1) is 0 Å². The van der Waals surface area contributed by atoms with Crippen LogP contribution in [0.1, 0.15) is 258 Å². The average molecular weight is 919 g/mol. The summed E-state index contributed by atoms with van der Waals surface area (Å²) in [5.41, 5.74) is 0. The number of esters is 3. The lowest BCUT2D eigenvalue weighted by atomic mass is 10.1. The summed E-state index contributed by atoms with van der Waals surface area (Å²) in [4.78, 5) is 38.1. The Bertz CT molecular complexity index is 1290. The van der Waals surface area contributed by atoms with Crippen molar-refractivity contribution in [3.8, 4) is 0 Å². The first kappa shape index (κ1) is 62.6. The van der Waals surface area contributed by atoms with E-state index < -0.39 is 6.10 Å². The maximum atomic E-state index is 12.8. The van der Waals surface area contributed by atoms with E-state index in [4.69, 9.17) is 14.2 Å². The molecular weight excluding hydrogens is 817 g/mol. The van der Waals surface area contributed by atoms with Gasteiger partial charge < -0.3 is 14.2 Å². The van der Waals surface area contributed by atoms with Crippen molar-refractivity contribution in [1.82, 2.24) is 0 Å². The van der Waals surface area contributed by atoms with Gasteiger partial charge in [0.15, 0.2) is 6.10 Å². The minimum absolute atomic E-state index is 0.0932. The quantitative estimate of drug-likeness (QED) is 0.0262. The molecule has 0 bridgehead atoms. The predicted molar refractivity (Wildman–Crippen MR) is 284 cm³/mol. The normalized spacial score (nSPS) is 12.7. The lowest BCUT2D eigenvalue weighted by Crippen LogP contribution is -2.30. The van der Waals surface area contributed by atoms with Crippen LogP contribution in [0.5, 0.6) is 0 Å². The van der Waals surface area contributed by atoms with Crippen LogP contribution in [-0.2, 0) is 28.6 Å². The molecule has 1 atom stereocenters. The molecule has 0 unspecified atom stereocenters. The van der Waals surface area contributed by atoms with Crippen molar-refractivity contribution >= 4 is 17.9 Å². The summed E-state index contributed by atoms with van der Waals surface area (Å²) >= 11 is 0. The molecule has 0 aliphatic heterocycles. The Kier molecular flexibility index (Phi) is 51.4. The van der Waals surface area contributed by atoms with Gasteiger partial charge in [0, 0.05) is 19.3 Å². The van der Waals surface area contributed by atoms with Gasteiger partial charge in [-0.25, -0.2) is 0 Å². The Labute approximate surface area is 407 Å². The van der Waals surface area contributed by atoms with Crippen LogP contribution < -0.4 is 0 Å². The van der Waals surface area contributed by atoms with Crippen LogP contribution in [0.25, 0.3) is 0 Å². The standard InChI is InChI=1S/C60H102O6/c1-4-7-10-13-16-19-22-25-28-29-30-31-33-35-38-41-44-47-50-53-59(62)65-56-57(55-64-58(61)52-49-46-43-40-37-34-27-24-21-18-15-12-9-6-3)66-60(63)54-51-48-45-42-39-36-32-26-23-20-17-14-11-8-5-2/h7,10,16,19-20,23-25,27-28,30-31,35,38,57H,4-6,8-9,11-15,17-18,21-22,26,29,32-34,36-37,39-56H2,1-3H3/b10-7+,19-16+,23-20+,27-24+,28-25+,31-30+,38-35+/t57-/m1/s1. The second-order valence-electron chi connectivity index (χ2n) is 18.1. The zero-order valence-electron chi connectivity index (χ0n) is 43.2. The molecule has 0 aromatic rings. The molecule has 0 spiro atoms. The lowest BCUT2D eigenvalue weighted by Gasteiger charge is -2.18. The summed E-state index contributed by atoms with van der Waals surface area (Å²) in [6.45, 7) is 6.47. The Balaban J connectivity index is 4.46. The van der Waals surface area contributed by atoms with Crippen LogP contribution in [0.2, 0.25) is 0 Å². The third-order valence-corrected chi connectivity index (χ3v) is 11.6. The van der Waals surface area contributed by atoms with Gasteiger partial charge in [-0.05, 0) is 116 Å². The van der Waals surface area contributed by atoms with E-state index in [1.54, 1.807) is 0 Å².